The van der Waals surface area contributed by atoms with E-state index < -0.39 is 0 Å². The molecule has 1 aromatic carbocycles. The molecule has 0 bridgehead atoms. The molecule has 0 aliphatic carbocycles. The van der Waals surface area contributed by atoms with Gasteiger partial charge in [0.25, 0.3) is 0 Å². The topological polar surface area (TPSA) is 59.7 Å². The maximum atomic E-state index is 5.94. The predicted molar refractivity (Wildman–Crippen MR) is 113 cm³/mol. The van der Waals surface area contributed by atoms with Crippen molar-refractivity contribution in [1.82, 2.24) is 0 Å². The highest BCUT2D eigenvalue weighted by Gasteiger charge is 2.18. The van der Waals surface area contributed by atoms with Crippen LogP contribution in [0.15, 0.2) is 17.2 Å². The molecule has 0 unspecified atom stereocenters. The maximum Gasteiger partial charge on any atom is 0.175 e. The van der Waals surface area contributed by atoms with Crippen molar-refractivity contribution in [2.24, 2.45) is 5.11 Å². The first-order valence-electron chi connectivity index (χ1n) is 10.8. The van der Waals surface area contributed by atoms with Crippen LogP contribution in [0.3, 0.4) is 0 Å². The summed E-state index contributed by atoms with van der Waals surface area (Å²) in [6.45, 7) is 11.8. The summed E-state index contributed by atoms with van der Waals surface area (Å²) in [5.41, 5.74) is 7.31. The molecule has 27 heavy (non-hydrogen) atoms. The lowest BCUT2D eigenvalue weighted by Crippen LogP contribution is -2.27. The fraction of sp³-hybridized carbons (Fsp3) is 0.727. The minimum absolute atomic E-state index is 0.586. The second-order valence-electron chi connectivity index (χ2n) is 6.89. The standard InChI is InChI=1S/C22H39N3O2/c1-5-9-11-13-15-25(16-14-12-10-6-2)20-18-21(26-7-3)19(24-23)17-22(20)27-8-4/h17-18,23H,5-16H2,1-4H3/p+1. The second kappa shape index (κ2) is 14.3. The van der Waals surface area contributed by atoms with Crippen molar-refractivity contribution in [3.05, 3.63) is 12.1 Å². The van der Waals surface area contributed by atoms with E-state index in [-0.39, 0.29) is 0 Å². The third kappa shape index (κ3) is 8.19. The summed E-state index contributed by atoms with van der Waals surface area (Å²) in [6, 6.07) is 3.97. The fourth-order valence-corrected chi connectivity index (χ4v) is 3.24. The van der Waals surface area contributed by atoms with Crippen molar-refractivity contribution in [3.63, 3.8) is 0 Å². The first-order valence-corrected chi connectivity index (χ1v) is 10.8. The SMILES string of the molecule is CCCCCCN(CCCCCC)c1cc(OCC)c(N=[NH2+])cc1OCC. The summed E-state index contributed by atoms with van der Waals surface area (Å²) >= 11 is 0. The maximum absolute atomic E-state index is 5.94. The molecular formula is C22H40N3O2+. The molecule has 0 radical (unpaired) electrons. The molecule has 1 aromatic rings. The predicted octanol–water partition coefficient (Wildman–Crippen LogP) is 5.29. The first-order chi connectivity index (χ1) is 13.2. The highest BCUT2D eigenvalue weighted by Crippen LogP contribution is 2.40. The number of nitrogens with two attached hydrogens (primary N) is 1. The summed E-state index contributed by atoms with van der Waals surface area (Å²) in [7, 11) is 0. The number of unbranched alkanes of at least 4 members (excludes halogenated alkanes) is 6. The van der Waals surface area contributed by atoms with Gasteiger partial charge >= 0.3 is 0 Å². The zero-order chi connectivity index (χ0) is 19.9. The second-order valence-corrected chi connectivity index (χ2v) is 6.89. The third-order valence-electron chi connectivity index (χ3n) is 4.68. The Bertz CT molecular complexity index is 523. The zero-order valence-corrected chi connectivity index (χ0v) is 17.9. The van der Waals surface area contributed by atoms with Gasteiger partial charge in [-0.25, -0.2) is 0 Å². The van der Waals surface area contributed by atoms with Crippen LogP contribution in [0.5, 0.6) is 11.5 Å². The van der Waals surface area contributed by atoms with Crippen LogP contribution in [0.25, 0.3) is 0 Å². The molecule has 0 aliphatic heterocycles. The Morgan fingerprint density at radius 3 is 1.81 bits per heavy atom. The summed E-state index contributed by atoms with van der Waals surface area (Å²) in [5, 5.41) is 3.88. The molecule has 0 aliphatic rings. The minimum Gasteiger partial charge on any atom is -0.492 e. The highest BCUT2D eigenvalue weighted by molar-refractivity contribution is 5.69. The fourth-order valence-electron chi connectivity index (χ4n) is 3.24. The van der Waals surface area contributed by atoms with Crippen molar-refractivity contribution in [2.45, 2.75) is 79.1 Å². The van der Waals surface area contributed by atoms with E-state index in [1.165, 1.54) is 51.4 Å². The zero-order valence-electron chi connectivity index (χ0n) is 17.9. The molecule has 0 saturated carbocycles. The van der Waals surface area contributed by atoms with Gasteiger partial charge in [0.2, 0.25) is 0 Å². The molecule has 2 N–H and O–H groups in total. The summed E-state index contributed by atoms with van der Waals surface area (Å²) in [5.74, 6) is 1.57. The molecule has 5 heteroatoms. The number of nitrogens with zero attached hydrogens (tertiary/aromatic N) is 2. The van der Waals surface area contributed by atoms with Crippen molar-refractivity contribution < 1.29 is 15.0 Å². The Morgan fingerprint density at radius 1 is 0.778 bits per heavy atom. The number of ether oxygens (including phenoxy) is 2. The Hall–Kier alpha value is -1.78. The number of hydrogen-bond acceptors (Lipinski definition) is 4. The van der Waals surface area contributed by atoms with Gasteiger partial charge in [-0.15, -0.1) is 0 Å². The summed E-state index contributed by atoms with van der Waals surface area (Å²) < 4.78 is 11.7. The smallest absolute Gasteiger partial charge is 0.175 e. The van der Waals surface area contributed by atoms with Gasteiger partial charge in [-0.2, -0.15) is 5.53 Å². The molecule has 0 saturated heterocycles. The van der Waals surface area contributed by atoms with Gasteiger partial charge in [0.15, 0.2) is 11.4 Å². The van der Waals surface area contributed by atoms with Gasteiger partial charge in [-0.3, -0.25) is 0 Å². The number of anilines is 1. The lowest BCUT2D eigenvalue weighted by Gasteiger charge is -2.28. The molecule has 154 valence electrons. The minimum atomic E-state index is 0.586. The molecule has 0 spiro atoms. The van der Waals surface area contributed by atoms with Crippen LogP contribution in [0.4, 0.5) is 11.4 Å². The molecule has 0 amide bonds. The van der Waals surface area contributed by atoms with Gasteiger partial charge < -0.3 is 14.4 Å². The lowest BCUT2D eigenvalue weighted by molar-refractivity contribution is -0.210. The number of hydrogen-bond donors (Lipinski definition) is 1. The molecule has 0 atom stereocenters. The molecule has 0 aromatic heterocycles. The van der Waals surface area contributed by atoms with E-state index in [0.717, 1.165) is 30.3 Å². The number of benzene rings is 1. The van der Waals surface area contributed by atoms with Gasteiger partial charge in [0, 0.05) is 25.2 Å². The average Bonchev–Trinajstić information content (AvgIpc) is 2.68. The normalized spacial score (nSPS) is 10.7. The highest BCUT2D eigenvalue weighted by atomic mass is 16.5. The summed E-state index contributed by atoms with van der Waals surface area (Å²) in [6.07, 6.45) is 10.00. The largest absolute Gasteiger partial charge is 0.492 e. The molecular weight excluding hydrogens is 338 g/mol. The average molecular weight is 379 g/mol. The van der Waals surface area contributed by atoms with Crippen LogP contribution in [0.2, 0.25) is 0 Å². The van der Waals surface area contributed by atoms with E-state index in [0.29, 0.717) is 18.9 Å². The van der Waals surface area contributed by atoms with Crippen molar-refractivity contribution >= 4 is 11.4 Å². The van der Waals surface area contributed by atoms with Crippen molar-refractivity contribution in [2.75, 3.05) is 31.2 Å². The third-order valence-corrected chi connectivity index (χ3v) is 4.68. The Kier molecular flexibility index (Phi) is 12.3. The Morgan fingerprint density at radius 2 is 1.33 bits per heavy atom. The van der Waals surface area contributed by atoms with Crippen molar-refractivity contribution in [3.8, 4) is 11.5 Å². The quantitative estimate of drug-likeness (QED) is 0.314. The van der Waals surface area contributed by atoms with E-state index >= 15 is 0 Å². The van der Waals surface area contributed by atoms with Crippen LogP contribution >= 0.6 is 0 Å². The van der Waals surface area contributed by atoms with E-state index in [4.69, 9.17) is 15.0 Å². The first kappa shape index (κ1) is 23.3. The molecule has 1 rings (SSSR count). The lowest BCUT2D eigenvalue weighted by atomic mass is 10.1. The number of rotatable bonds is 16. The Labute approximate surface area is 165 Å². The van der Waals surface area contributed by atoms with Crippen LogP contribution in [0, 0.1) is 0 Å². The molecule has 0 fully saturated rings. The Balaban J connectivity index is 3.08. The van der Waals surface area contributed by atoms with E-state index in [2.05, 4.69) is 29.9 Å². The van der Waals surface area contributed by atoms with Gasteiger partial charge in [0.1, 0.15) is 5.75 Å². The summed E-state index contributed by atoms with van der Waals surface area (Å²) in [4.78, 5) is 2.46. The molecule has 5 nitrogen and oxygen atoms in total. The van der Waals surface area contributed by atoms with Gasteiger partial charge in [-0.1, -0.05) is 52.4 Å². The van der Waals surface area contributed by atoms with E-state index in [1.807, 2.05) is 19.9 Å². The van der Waals surface area contributed by atoms with Gasteiger partial charge in [0.05, 0.1) is 18.9 Å². The van der Waals surface area contributed by atoms with Crippen LogP contribution in [-0.4, -0.2) is 26.3 Å². The monoisotopic (exact) mass is 378 g/mol. The van der Waals surface area contributed by atoms with Crippen LogP contribution < -0.4 is 19.9 Å². The van der Waals surface area contributed by atoms with Gasteiger partial charge in [-0.05, 0) is 31.8 Å². The molecule has 0 heterocycles. The van der Waals surface area contributed by atoms with Crippen LogP contribution in [-0.2, 0) is 0 Å². The van der Waals surface area contributed by atoms with E-state index in [9.17, 15) is 0 Å². The van der Waals surface area contributed by atoms with Crippen molar-refractivity contribution in [1.29, 1.82) is 0 Å². The van der Waals surface area contributed by atoms with Crippen LogP contribution in [0.1, 0.15) is 79.1 Å². The van der Waals surface area contributed by atoms with E-state index in [1.54, 1.807) is 0 Å².